The third-order valence-corrected chi connectivity index (χ3v) is 3.90. The van der Waals surface area contributed by atoms with E-state index in [1.54, 1.807) is 0 Å². The van der Waals surface area contributed by atoms with Crippen LogP contribution >= 0.6 is 0 Å². The van der Waals surface area contributed by atoms with Crippen LogP contribution in [0.15, 0.2) is 12.4 Å². The Labute approximate surface area is 105 Å². The molecule has 1 saturated heterocycles. The summed E-state index contributed by atoms with van der Waals surface area (Å²) in [4.78, 5) is 7.75. The molecule has 0 radical (unpaired) electrons. The van der Waals surface area contributed by atoms with E-state index in [2.05, 4.69) is 9.97 Å². The predicted molar refractivity (Wildman–Crippen MR) is 62.2 cm³/mol. The quantitative estimate of drug-likeness (QED) is 0.750. The molecule has 1 aromatic heterocycles. The number of nitriles is 1. The van der Waals surface area contributed by atoms with Gasteiger partial charge in [0.1, 0.15) is 12.2 Å². The van der Waals surface area contributed by atoms with Crippen LogP contribution in [0.3, 0.4) is 0 Å². The molecule has 0 spiro atoms. The van der Waals surface area contributed by atoms with Crippen LogP contribution in [0.5, 0.6) is 5.88 Å². The second-order valence-corrected chi connectivity index (χ2v) is 5.95. The fourth-order valence-corrected chi connectivity index (χ4v) is 2.62. The van der Waals surface area contributed by atoms with Gasteiger partial charge in [0.05, 0.1) is 12.8 Å². The molecule has 7 nitrogen and oxygen atoms in total. The summed E-state index contributed by atoms with van der Waals surface area (Å²) in [5.74, 6) is 0.153. The topological polar surface area (TPSA) is 96.2 Å². The molecular formula is C10H12N4O3S. The van der Waals surface area contributed by atoms with Gasteiger partial charge in [0, 0.05) is 18.9 Å². The number of rotatable bonds is 3. The average molecular weight is 268 g/mol. The Morgan fingerprint density at radius 1 is 1.50 bits per heavy atom. The van der Waals surface area contributed by atoms with Gasteiger partial charge in [-0.1, -0.05) is 0 Å². The molecule has 1 fully saturated rings. The van der Waals surface area contributed by atoms with Gasteiger partial charge in [-0.15, -0.1) is 0 Å². The zero-order valence-corrected chi connectivity index (χ0v) is 10.6. The Balaban J connectivity index is 2.07. The smallest absolute Gasteiger partial charge is 0.251 e. The first-order chi connectivity index (χ1) is 8.50. The van der Waals surface area contributed by atoms with Gasteiger partial charge in [-0.3, -0.25) is 0 Å². The number of aromatic nitrogens is 2. The second-order valence-electron chi connectivity index (χ2n) is 3.97. The number of hydrogen-bond donors (Lipinski definition) is 0. The maximum absolute atomic E-state index is 11.3. The molecule has 0 saturated carbocycles. The predicted octanol–water partition coefficient (Wildman–Crippen LogP) is -0.239. The highest BCUT2D eigenvalue weighted by Gasteiger charge is 2.30. The van der Waals surface area contributed by atoms with E-state index in [9.17, 15) is 8.42 Å². The summed E-state index contributed by atoms with van der Waals surface area (Å²) in [5.41, 5.74) is 0.107. The van der Waals surface area contributed by atoms with Gasteiger partial charge >= 0.3 is 0 Å². The van der Waals surface area contributed by atoms with E-state index in [1.165, 1.54) is 23.0 Å². The van der Waals surface area contributed by atoms with Crippen LogP contribution in [-0.2, 0) is 10.0 Å². The van der Waals surface area contributed by atoms with Gasteiger partial charge in [0.2, 0.25) is 15.7 Å². The molecule has 1 aliphatic rings. The number of nitrogens with zero attached hydrogens (tertiary/aromatic N) is 4. The van der Waals surface area contributed by atoms with E-state index in [4.69, 9.17) is 10.00 Å². The number of hydrogen-bond acceptors (Lipinski definition) is 6. The minimum atomic E-state index is -3.19. The Morgan fingerprint density at radius 2 is 2.22 bits per heavy atom. The Kier molecular flexibility index (Phi) is 3.45. The third-order valence-electron chi connectivity index (χ3n) is 2.63. The second kappa shape index (κ2) is 4.88. The van der Waals surface area contributed by atoms with Crippen molar-refractivity contribution in [2.24, 2.45) is 0 Å². The fraction of sp³-hybridized carbons (Fsp3) is 0.500. The zero-order chi connectivity index (χ0) is 13.2. The Bertz CT molecular complexity index is 581. The molecule has 0 bridgehead atoms. The molecule has 96 valence electrons. The minimum absolute atomic E-state index is 0.107. The van der Waals surface area contributed by atoms with Crippen LogP contribution in [0.2, 0.25) is 0 Å². The molecule has 0 aromatic carbocycles. The Hall–Kier alpha value is -1.72. The molecule has 2 rings (SSSR count). The third kappa shape index (κ3) is 2.75. The lowest BCUT2D eigenvalue weighted by Crippen LogP contribution is -2.30. The molecular weight excluding hydrogens is 256 g/mol. The molecule has 8 heteroatoms. The van der Waals surface area contributed by atoms with Crippen molar-refractivity contribution in [3.05, 3.63) is 18.1 Å². The van der Waals surface area contributed by atoms with Crippen molar-refractivity contribution in [1.82, 2.24) is 14.3 Å². The van der Waals surface area contributed by atoms with Gasteiger partial charge in [-0.25, -0.2) is 18.4 Å². The molecule has 0 aliphatic carbocycles. The molecule has 1 atom stereocenters. The van der Waals surface area contributed by atoms with Gasteiger partial charge in [0.15, 0.2) is 0 Å². The summed E-state index contributed by atoms with van der Waals surface area (Å²) in [5, 5.41) is 8.83. The van der Waals surface area contributed by atoms with Gasteiger partial charge in [-0.2, -0.15) is 9.57 Å². The highest BCUT2D eigenvalue weighted by atomic mass is 32.2. The monoisotopic (exact) mass is 268 g/mol. The lowest BCUT2D eigenvalue weighted by atomic mass is 10.3. The zero-order valence-electron chi connectivity index (χ0n) is 9.78. The van der Waals surface area contributed by atoms with E-state index in [-0.39, 0.29) is 24.2 Å². The first-order valence-corrected chi connectivity index (χ1v) is 7.18. The maximum Gasteiger partial charge on any atom is 0.251 e. The van der Waals surface area contributed by atoms with Crippen molar-refractivity contribution in [1.29, 1.82) is 5.26 Å². The molecule has 0 unspecified atom stereocenters. The SMILES string of the molecule is CS(=O)(=O)N1CC[C@@H](Oc2nccnc2C#N)C1. The molecule has 0 N–H and O–H groups in total. The first kappa shape index (κ1) is 12.7. The van der Waals surface area contributed by atoms with Crippen molar-refractivity contribution < 1.29 is 13.2 Å². The molecule has 1 aromatic rings. The summed E-state index contributed by atoms with van der Waals surface area (Å²) in [6, 6.07) is 1.88. The molecule has 0 amide bonds. The van der Waals surface area contributed by atoms with Gasteiger partial charge in [0.25, 0.3) is 5.88 Å². The number of sulfonamides is 1. The van der Waals surface area contributed by atoms with Crippen molar-refractivity contribution in [2.75, 3.05) is 19.3 Å². The van der Waals surface area contributed by atoms with E-state index < -0.39 is 10.0 Å². The van der Waals surface area contributed by atoms with Crippen molar-refractivity contribution in [2.45, 2.75) is 12.5 Å². The van der Waals surface area contributed by atoms with Crippen LogP contribution in [0.4, 0.5) is 0 Å². The minimum Gasteiger partial charge on any atom is -0.471 e. The lowest BCUT2D eigenvalue weighted by Gasteiger charge is -2.14. The van der Waals surface area contributed by atoms with E-state index in [0.717, 1.165) is 0 Å². The van der Waals surface area contributed by atoms with E-state index in [1.807, 2.05) is 6.07 Å². The Morgan fingerprint density at radius 3 is 2.83 bits per heavy atom. The molecule has 18 heavy (non-hydrogen) atoms. The lowest BCUT2D eigenvalue weighted by molar-refractivity contribution is 0.205. The summed E-state index contributed by atoms with van der Waals surface area (Å²) in [6.45, 7) is 0.700. The van der Waals surface area contributed by atoms with Crippen LogP contribution in [0.25, 0.3) is 0 Å². The molecule has 2 heterocycles. The molecule has 1 aliphatic heterocycles. The standard InChI is InChI=1S/C10H12N4O3S/c1-18(15,16)14-5-2-8(7-14)17-10-9(6-11)12-3-4-13-10/h3-4,8H,2,5,7H2,1H3/t8-/m1/s1. The van der Waals surface area contributed by atoms with Crippen molar-refractivity contribution >= 4 is 10.0 Å². The highest BCUT2D eigenvalue weighted by molar-refractivity contribution is 7.88. The van der Waals surface area contributed by atoms with Crippen LogP contribution < -0.4 is 4.74 Å². The van der Waals surface area contributed by atoms with Crippen LogP contribution in [-0.4, -0.2) is 48.1 Å². The highest BCUT2D eigenvalue weighted by Crippen LogP contribution is 2.19. The number of ether oxygens (including phenoxy) is 1. The van der Waals surface area contributed by atoms with Crippen LogP contribution in [0.1, 0.15) is 12.1 Å². The summed E-state index contributed by atoms with van der Waals surface area (Å²) in [7, 11) is -3.19. The summed E-state index contributed by atoms with van der Waals surface area (Å²) >= 11 is 0. The fourth-order valence-electron chi connectivity index (χ4n) is 1.74. The largest absolute Gasteiger partial charge is 0.471 e. The first-order valence-electron chi connectivity index (χ1n) is 5.33. The van der Waals surface area contributed by atoms with Gasteiger partial charge < -0.3 is 4.74 Å². The van der Waals surface area contributed by atoms with Gasteiger partial charge in [-0.05, 0) is 6.42 Å². The maximum atomic E-state index is 11.3. The van der Waals surface area contributed by atoms with Crippen LogP contribution in [0, 0.1) is 11.3 Å². The van der Waals surface area contributed by atoms with Crippen molar-refractivity contribution in [3.8, 4) is 11.9 Å². The summed E-state index contributed by atoms with van der Waals surface area (Å²) < 4.78 is 29.6. The van der Waals surface area contributed by atoms with E-state index in [0.29, 0.717) is 13.0 Å². The summed E-state index contributed by atoms with van der Waals surface area (Å²) in [6.07, 6.45) is 4.29. The van der Waals surface area contributed by atoms with Crippen molar-refractivity contribution in [3.63, 3.8) is 0 Å². The normalized spacial score (nSPS) is 20.6. The van der Waals surface area contributed by atoms with E-state index >= 15 is 0 Å². The average Bonchev–Trinajstić information content (AvgIpc) is 2.78.